The molecular weight excluding hydrogens is 336 g/mol. The van der Waals surface area contributed by atoms with E-state index in [1.54, 1.807) is 6.08 Å². The summed E-state index contributed by atoms with van der Waals surface area (Å²) in [5.41, 5.74) is 0.229. The van der Waals surface area contributed by atoms with E-state index in [4.69, 9.17) is 0 Å². The molecule has 0 aliphatic carbocycles. The largest absolute Gasteiger partial charge is 0.314 e. The number of benzene rings is 1. The third-order valence-electron chi connectivity index (χ3n) is 3.64. The van der Waals surface area contributed by atoms with Gasteiger partial charge in [0.25, 0.3) is 0 Å². The molecule has 0 saturated carbocycles. The second-order valence-corrected chi connectivity index (χ2v) is 4.96. The van der Waals surface area contributed by atoms with Crippen LogP contribution in [0, 0.1) is 17.5 Å². The van der Waals surface area contributed by atoms with Crippen LogP contribution in [0.2, 0.25) is 0 Å². The van der Waals surface area contributed by atoms with E-state index < -0.39 is 17.5 Å². The Labute approximate surface area is 141 Å². The molecule has 0 radical (unpaired) electrons. The van der Waals surface area contributed by atoms with E-state index in [0.717, 1.165) is 32.2 Å². The lowest BCUT2D eigenvalue weighted by molar-refractivity contribution is 0.162. The first-order chi connectivity index (χ1) is 9.63. The first-order valence-electron chi connectivity index (χ1n) is 6.83. The highest BCUT2D eigenvalue weighted by Crippen LogP contribution is 2.29. The van der Waals surface area contributed by atoms with E-state index >= 15 is 0 Å². The Kier molecular flexibility index (Phi) is 9.76. The van der Waals surface area contributed by atoms with Gasteiger partial charge in [-0.1, -0.05) is 6.08 Å². The molecule has 7 heteroatoms. The van der Waals surface area contributed by atoms with Crippen molar-refractivity contribution in [3.63, 3.8) is 0 Å². The molecule has 1 aromatic rings. The maximum Gasteiger partial charge on any atom is 0.161 e. The Morgan fingerprint density at radius 1 is 1.09 bits per heavy atom. The average molecular weight is 357 g/mol. The van der Waals surface area contributed by atoms with Crippen molar-refractivity contribution in [2.75, 3.05) is 26.2 Å². The third-order valence-corrected chi connectivity index (χ3v) is 3.64. The summed E-state index contributed by atoms with van der Waals surface area (Å²) in [7, 11) is 0. The van der Waals surface area contributed by atoms with Gasteiger partial charge in [-0.05, 0) is 18.9 Å². The standard InChI is InChI=1S/C15H19F3N2.2ClH/c1-2-3-4-15(20-7-5-19-6-8-20)11-9-13(17)14(18)10-12(11)16;;/h2,9-10,15,19H,1,3-8H2;2*1H/t15-;;/m0../s1. The van der Waals surface area contributed by atoms with Gasteiger partial charge in [-0.3, -0.25) is 4.90 Å². The summed E-state index contributed by atoms with van der Waals surface area (Å²) in [5.74, 6) is -2.83. The molecule has 2 nitrogen and oxygen atoms in total. The van der Waals surface area contributed by atoms with Gasteiger partial charge in [-0.2, -0.15) is 0 Å². The van der Waals surface area contributed by atoms with E-state index in [9.17, 15) is 13.2 Å². The summed E-state index contributed by atoms with van der Waals surface area (Å²) in [6, 6.07) is 1.37. The Bertz CT molecular complexity index is 480. The number of hydrogen-bond donors (Lipinski definition) is 1. The molecule has 1 atom stereocenters. The maximum atomic E-state index is 14.0. The number of piperazine rings is 1. The van der Waals surface area contributed by atoms with Gasteiger partial charge in [-0.15, -0.1) is 31.4 Å². The highest BCUT2D eigenvalue weighted by molar-refractivity contribution is 5.85. The zero-order valence-corrected chi connectivity index (χ0v) is 13.8. The molecule has 0 spiro atoms. The van der Waals surface area contributed by atoms with Crippen molar-refractivity contribution in [1.82, 2.24) is 10.2 Å². The zero-order chi connectivity index (χ0) is 14.5. The quantitative estimate of drug-likeness (QED) is 0.636. The highest BCUT2D eigenvalue weighted by atomic mass is 35.5. The molecule has 1 aliphatic rings. The van der Waals surface area contributed by atoms with Crippen LogP contribution in [0.15, 0.2) is 24.8 Å². The molecule has 1 aromatic carbocycles. The number of allylic oxidation sites excluding steroid dienone is 1. The van der Waals surface area contributed by atoms with Crippen molar-refractivity contribution < 1.29 is 13.2 Å². The second kappa shape index (κ2) is 10.1. The van der Waals surface area contributed by atoms with Crippen molar-refractivity contribution in [2.45, 2.75) is 18.9 Å². The van der Waals surface area contributed by atoms with E-state index in [0.29, 0.717) is 18.9 Å². The minimum Gasteiger partial charge on any atom is -0.314 e. The molecule has 0 amide bonds. The summed E-state index contributed by atoms with van der Waals surface area (Å²) >= 11 is 0. The van der Waals surface area contributed by atoms with Gasteiger partial charge >= 0.3 is 0 Å². The van der Waals surface area contributed by atoms with Gasteiger partial charge in [0.05, 0.1) is 0 Å². The predicted molar refractivity (Wildman–Crippen MR) is 87.4 cm³/mol. The summed E-state index contributed by atoms with van der Waals surface area (Å²) in [6.07, 6.45) is 3.10. The van der Waals surface area contributed by atoms with E-state index in [1.807, 2.05) is 0 Å². The van der Waals surface area contributed by atoms with Crippen LogP contribution in [-0.4, -0.2) is 31.1 Å². The smallest absolute Gasteiger partial charge is 0.161 e. The molecule has 0 aromatic heterocycles. The fourth-order valence-corrected chi connectivity index (χ4v) is 2.60. The van der Waals surface area contributed by atoms with Crippen molar-refractivity contribution in [2.24, 2.45) is 0 Å². The third kappa shape index (κ3) is 5.16. The lowest BCUT2D eigenvalue weighted by Crippen LogP contribution is -2.45. The van der Waals surface area contributed by atoms with E-state index in [-0.39, 0.29) is 36.4 Å². The summed E-state index contributed by atoms with van der Waals surface area (Å²) < 4.78 is 40.5. The van der Waals surface area contributed by atoms with Gasteiger partial charge in [0.15, 0.2) is 11.6 Å². The van der Waals surface area contributed by atoms with Crippen LogP contribution in [0.5, 0.6) is 0 Å². The predicted octanol–water partition coefficient (Wildman–Crippen LogP) is 3.86. The van der Waals surface area contributed by atoms with Crippen LogP contribution in [-0.2, 0) is 0 Å². The fourth-order valence-electron chi connectivity index (χ4n) is 2.60. The molecule has 22 heavy (non-hydrogen) atoms. The van der Waals surface area contributed by atoms with Gasteiger partial charge in [0, 0.05) is 43.9 Å². The average Bonchev–Trinajstić information content (AvgIpc) is 2.45. The van der Waals surface area contributed by atoms with Gasteiger partial charge in [-0.25, -0.2) is 13.2 Å². The van der Waals surface area contributed by atoms with Crippen LogP contribution >= 0.6 is 24.8 Å². The SMILES string of the molecule is C=CCC[C@@H](c1cc(F)c(F)cc1F)N1CCNCC1.Cl.Cl. The molecule has 1 heterocycles. The molecular formula is C15H21Cl2F3N2. The van der Waals surface area contributed by atoms with Crippen molar-refractivity contribution in [3.05, 3.63) is 47.8 Å². The minimum absolute atomic E-state index is 0. The summed E-state index contributed by atoms with van der Waals surface area (Å²) in [5, 5.41) is 3.22. The van der Waals surface area contributed by atoms with Gasteiger partial charge in [0.1, 0.15) is 5.82 Å². The van der Waals surface area contributed by atoms with E-state index in [2.05, 4.69) is 16.8 Å². The molecule has 1 fully saturated rings. The van der Waals surface area contributed by atoms with Crippen molar-refractivity contribution >= 4 is 24.8 Å². The summed E-state index contributed by atoms with van der Waals surface area (Å²) in [6.45, 7) is 6.83. The first kappa shape index (κ1) is 21.2. The highest BCUT2D eigenvalue weighted by Gasteiger charge is 2.25. The summed E-state index contributed by atoms with van der Waals surface area (Å²) in [4.78, 5) is 2.11. The fraction of sp³-hybridized carbons (Fsp3) is 0.467. The second-order valence-electron chi connectivity index (χ2n) is 4.96. The first-order valence-corrected chi connectivity index (χ1v) is 6.83. The normalized spacial score (nSPS) is 16.3. The minimum atomic E-state index is -1.14. The Morgan fingerprint density at radius 2 is 1.68 bits per heavy atom. The number of nitrogens with zero attached hydrogens (tertiary/aromatic N) is 1. The van der Waals surface area contributed by atoms with Crippen molar-refractivity contribution in [1.29, 1.82) is 0 Å². The topological polar surface area (TPSA) is 15.3 Å². The zero-order valence-electron chi connectivity index (χ0n) is 12.2. The maximum absolute atomic E-state index is 14.0. The van der Waals surface area contributed by atoms with Crippen molar-refractivity contribution in [3.8, 4) is 0 Å². The Hall–Kier alpha value is -0.750. The lowest BCUT2D eigenvalue weighted by Gasteiger charge is -2.35. The molecule has 0 bridgehead atoms. The molecule has 0 unspecified atom stereocenters. The Morgan fingerprint density at radius 3 is 2.27 bits per heavy atom. The number of halogens is 5. The van der Waals surface area contributed by atoms with Crippen LogP contribution < -0.4 is 5.32 Å². The monoisotopic (exact) mass is 356 g/mol. The molecule has 126 valence electrons. The van der Waals surface area contributed by atoms with Gasteiger partial charge in [0.2, 0.25) is 0 Å². The molecule has 1 N–H and O–H groups in total. The lowest BCUT2D eigenvalue weighted by atomic mass is 9.98. The van der Waals surface area contributed by atoms with Crippen LogP contribution in [0.25, 0.3) is 0 Å². The Balaban J connectivity index is 0.00000220. The molecule has 1 aliphatic heterocycles. The van der Waals surface area contributed by atoms with Crippen LogP contribution in [0.3, 0.4) is 0 Å². The van der Waals surface area contributed by atoms with E-state index in [1.165, 1.54) is 0 Å². The number of rotatable bonds is 5. The number of hydrogen-bond acceptors (Lipinski definition) is 2. The van der Waals surface area contributed by atoms with Gasteiger partial charge < -0.3 is 5.32 Å². The van der Waals surface area contributed by atoms with Crippen LogP contribution in [0.1, 0.15) is 24.4 Å². The molecule has 2 rings (SSSR count). The molecule has 1 saturated heterocycles. The van der Waals surface area contributed by atoms with Crippen LogP contribution in [0.4, 0.5) is 13.2 Å². The number of nitrogens with one attached hydrogen (secondary N) is 1.